The number of anilines is 1. The monoisotopic (exact) mass is 475 g/mol. The molecule has 0 unspecified atom stereocenters. The van der Waals surface area contributed by atoms with Crippen LogP contribution in [-0.2, 0) is 4.79 Å². The van der Waals surface area contributed by atoms with Crippen molar-refractivity contribution in [3.63, 3.8) is 0 Å². The molecule has 8 heteroatoms. The number of hydrogen-bond acceptors (Lipinski definition) is 6. The number of carbonyl (C=O) groups is 1. The number of carbonyl (C=O) groups excluding carboxylic acids is 1. The number of fused-ring (bicyclic) bond motifs is 6. The second kappa shape index (κ2) is 7.97. The van der Waals surface area contributed by atoms with Gasteiger partial charge < -0.3 is 5.32 Å². The van der Waals surface area contributed by atoms with E-state index in [-0.39, 0.29) is 11.7 Å². The summed E-state index contributed by atoms with van der Waals surface area (Å²) in [4.78, 5) is 21.1. The van der Waals surface area contributed by atoms with Crippen molar-refractivity contribution < 1.29 is 4.79 Å². The molecule has 0 spiro atoms. The third-order valence-corrected chi connectivity index (χ3v) is 5.96. The molecule has 0 aliphatic heterocycles. The molecule has 0 bridgehead atoms. The Labute approximate surface area is 184 Å². The smallest absolute Gasteiger partial charge is 0.236 e. The van der Waals surface area contributed by atoms with Crippen molar-refractivity contribution in [1.29, 1.82) is 0 Å². The van der Waals surface area contributed by atoms with Gasteiger partial charge in [-0.25, -0.2) is 9.97 Å². The lowest BCUT2D eigenvalue weighted by Gasteiger charge is -2.09. The molecule has 1 amide bonds. The normalized spacial score (nSPS) is 11.2. The van der Waals surface area contributed by atoms with Crippen molar-refractivity contribution in [3.8, 4) is 0 Å². The number of pyridine rings is 1. The average molecular weight is 476 g/mol. The first-order valence-electron chi connectivity index (χ1n) is 9.17. The summed E-state index contributed by atoms with van der Waals surface area (Å²) in [5, 5.41) is 16.2. The fraction of sp³-hybridized carbons (Fsp3) is 0.0455. The van der Waals surface area contributed by atoms with Gasteiger partial charge in [0.05, 0.1) is 5.75 Å². The SMILES string of the molecule is O=C(CSc1nnc2c3ccccc3c3ccccc3c2n1)Nc1ccc(Br)cn1. The summed E-state index contributed by atoms with van der Waals surface area (Å²) in [6.45, 7) is 0. The Kier molecular flexibility index (Phi) is 5.02. The van der Waals surface area contributed by atoms with Gasteiger partial charge in [0, 0.05) is 21.4 Å². The van der Waals surface area contributed by atoms with Crippen molar-refractivity contribution in [1.82, 2.24) is 20.2 Å². The summed E-state index contributed by atoms with van der Waals surface area (Å²) in [7, 11) is 0. The van der Waals surface area contributed by atoms with E-state index in [0.29, 0.717) is 11.0 Å². The van der Waals surface area contributed by atoms with Gasteiger partial charge in [-0.2, -0.15) is 0 Å². The van der Waals surface area contributed by atoms with Gasteiger partial charge in [-0.1, -0.05) is 60.3 Å². The lowest BCUT2D eigenvalue weighted by Crippen LogP contribution is -2.15. The molecule has 5 rings (SSSR count). The Balaban J connectivity index is 1.46. The molecule has 0 aliphatic rings. The molecule has 6 nitrogen and oxygen atoms in total. The molecule has 1 N–H and O–H groups in total. The highest BCUT2D eigenvalue weighted by molar-refractivity contribution is 9.10. The second-order valence-corrected chi connectivity index (χ2v) is 8.44. The first kappa shape index (κ1) is 18.9. The summed E-state index contributed by atoms with van der Waals surface area (Å²) in [6, 6.07) is 19.8. The summed E-state index contributed by atoms with van der Waals surface area (Å²) >= 11 is 4.57. The van der Waals surface area contributed by atoms with E-state index in [1.54, 1.807) is 12.3 Å². The topological polar surface area (TPSA) is 80.7 Å². The van der Waals surface area contributed by atoms with Gasteiger partial charge in [0.15, 0.2) is 0 Å². The standard InChI is InChI=1S/C22H14BrN5OS/c23-13-9-10-18(24-11-13)25-19(29)12-30-22-26-20-16-7-3-1-5-14(16)15-6-2-4-8-17(15)21(20)27-28-22/h1-11H,12H2,(H,24,25,29). The van der Waals surface area contributed by atoms with Gasteiger partial charge in [-0.15, -0.1) is 10.2 Å². The highest BCUT2D eigenvalue weighted by Gasteiger charge is 2.13. The molecule has 2 aromatic heterocycles. The predicted octanol–water partition coefficient (Wildman–Crippen LogP) is 5.22. The average Bonchev–Trinajstić information content (AvgIpc) is 2.79. The van der Waals surface area contributed by atoms with Crippen molar-refractivity contribution in [2.24, 2.45) is 0 Å². The third-order valence-electron chi connectivity index (χ3n) is 4.65. The molecule has 146 valence electrons. The number of nitrogens with zero attached hydrogens (tertiary/aromatic N) is 4. The van der Waals surface area contributed by atoms with Crippen LogP contribution in [0.4, 0.5) is 5.82 Å². The fourth-order valence-corrected chi connectivity index (χ4v) is 4.17. The molecule has 0 fully saturated rings. The number of nitrogens with one attached hydrogen (secondary N) is 1. The quantitative estimate of drug-likeness (QED) is 0.283. The van der Waals surface area contributed by atoms with Crippen LogP contribution in [0, 0.1) is 0 Å². The fourth-order valence-electron chi connectivity index (χ4n) is 3.35. The number of rotatable bonds is 4. The predicted molar refractivity (Wildman–Crippen MR) is 124 cm³/mol. The van der Waals surface area contributed by atoms with E-state index >= 15 is 0 Å². The van der Waals surface area contributed by atoms with Gasteiger partial charge in [-0.3, -0.25) is 4.79 Å². The van der Waals surface area contributed by atoms with Gasteiger partial charge in [0.25, 0.3) is 0 Å². The minimum Gasteiger partial charge on any atom is -0.310 e. The number of amides is 1. The van der Waals surface area contributed by atoms with Gasteiger partial charge in [0.2, 0.25) is 11.1 Å². The maximum Gasteiger partial charge on any atom is 0.236 e. The van der Waals surface area contributed by atoms with Crippen LogP contribution in [0.1, 0.15) is 0 Å². The Morgan fingerprint density at radius 3 is 2.20 bits per heavy atom. The zero-order chi connectivity index (χ0) is 20.5. The summed E-state index contributed by atoms with van der Waals surface area (Å²) < 4.78 is 0.852. The van der Waals surface area contributed by atoms with Crippen LogP contribution in [0.15, 0.2) is 76.5 Å². The lowest BCUT2D eigenvalue weighted by atomic mass is 10.00. The maximum atomic E-state index is 12.3. The van der Waals surface area contributed by atoms with E-state index in [4.69, 9.17) is 4.98 Å². The number of hydrogen-bond donors (Lipinski definition) is 1. The summed E-state index contributed by atoms with van der Waals surface area (Å²) in [5.74, 6) is 0.483. The number of benzene rings is 3. The molecule has 3 aromatic carbocycles. The van der Waals surface area contributed by atoms with Crippen molar-refractivity contribution >= 4 is 72.0 Å². The van der Waals surface area contributed by atoms with Gasteiger partial charge in [-0.05, 0) is 38.8 Å². The molecule has 5 aromatic rings. The Bertz CT molecular complexity index is 1370. The first-order valence-corrected chi connectivity index (χ1v) is 10.9. The van der Waals surface area contributed by atoms with Gasteiger partial charge >= 0.3 is 0 Å². The van der Waals surface area contributed by atoms with Crippen LogP contribution in [0.5, 0.6) is 0 Å². The van der Waals surface area contributed by atoms with E-state index in [0.717, 1.165) is 37.1 Å². The second-order valence-electron chi connectivity index (χ2n) is 6.58. The molecular formula is C22H14BrN5OS. The van der Waals surface area contributed by atoms with Gasteiger partial charge in [0.1, 0.15) is 16.9 Å². The zero-order valence-electron chi connectivity index (χ0n) is 15.5. The molecule has 0 radical (unpaired) electrons. The van der Waals surface area contributed by atoms with Crippen molar-refractivity contribution in [3.05, 3.63) is 71.3 Å². The van der Waals surface area contributed by atoms with Crippen molar-refractivity contribution in [2.45, 2.75) is 5.16 Å². The molecule has 0 saturated carbocycles. The molecular weight excluding hydrogens is 462 g/mol. The Hall–Kier alpha value is -3.10. The lowest BCUT2D eigenvalue weighted by molar-refractivity contribution is -0.113. The summed E-state index contributed by atoms with van der Waals surface area (Å²) in [6.07, 6.45) is 1.63. The molecule has 0 aliphatic carbocycles. The Morgan fingerprint density at radius 2 is 1.53 bits per heavy atom. The minimum atomic E-state index is -0.179. The van der Waals surface area contributed by atoms with Crippen LogP contribution in [0.2, 0.25) is 0 Å². The molecule has 0 atom stereocenters. The van der Waals surface area contributed by atoms with E-state index in [1.165, 1.54) is 11.8 Å². The van der Waals surface area contributed by atoms with E-state index in [2.05, 4.69) is 48.6 Å². The van der Waals surface area contributed by atoms with Crippen molar-refractivity contribution in [2.75, 3.05) is 11.1 Å². The third kappa shape index (κ3) is 3.59. The van der Waals surface area contributed by atoms with Crippen LogP contribution in [0.25, 0.3) is 32.6 Å². The van der Waals surface area contributed by atoms with Crippen LogP contribution < -0.4 is 5.32 Å². The van der Waals surface area contributed by atoms with Crippen LogP contribution >= 0.6 is 27.7 Å². The molecule has 2 heterocycles. The van der Waals surface area contributed by atoms with E-state index in [1.807, 2.05) is 42.5 Å². The first-order chi connectivity index (χ1) is 14.7. The minimum absolute atomic E-state index is 0.163. The maximum absolute atomic E-state index is 12.3. The largest absolute Gasteiger partial charge is 0.310 e. The number of thioether (sulfide) groups is 1. The highest BCUT2D eigenvalue weighted by atomic mass is 79.9. The van der Waals surface area contributed by atoms with Crippen LogP contribution in [-0.4, -0.2) is 31.8 Å². The summed E-state index contributed by atoms with van der Waals surface area (Å²) in [5.41, 5.74) is 1.55. The van der Waals surface area contributed by atoms with Crippen LogP contribution in [0.3, 0.4) is 0 Å². The van der Waals surface area contributed by atoms with E-state index < -0.39 is 0 Å². The molecule has 30 heavy (non-hydrogen) atoms. The Morgan fingerprint density at radius 1 is 0.867 bits per heavy atom. The van der Waals surface area contributed by atoms with E-state index in [9.17, 15) is 4.79 Å². The number of halogens is 1. The highest BCUT2D eigenvalue weighted by Crippen LogP contribution is 2.33. The number of aromatic nitrogens is 4. The zero-order valence-corrected chi connectivity index (χ0v) is 17.9. The molecule has 0 saturated heterocycles.